The highest BCUT2D eigenvalue weighted by Gasteiger charge is 2.11. The molecule has 1 heterocycles. The molecule has 2 aromatic carbocycles. The molecule has 0 spiro atoms. The number of carbonyl (C=O) groups is 1. The maximum absolute atomic E-state index is 13.3. The molecule has 0 saturated carbocycles. The molecule has 1 aromatic heterocycles. The van der Waals surface area contributed by atoms with Crippen LogP contribution in [0.5, 0.6) is 0 Å². The Kier molecular flexibility index (Phi) is 4.92. The first-order chi connectivity index (χ1) is 11.6. The third-order valence-corrected chi connectivity index (χ3v) is 4.79. The Morgan fingerprint density at radius 2 is 1.88 bits per heavy atom. The molecule has 0 aliphatic heterocycles. The zero-order valence-electron chi connectivity index (χ0n) is 12.5. The van der Waals surface area contributed by atoms with Crippen molar-refractivity contribution in [1.29, 1.82) is 0 Å². The van der Waals surface area contributed by atoms with Crippen molar-refractivity contribution in [3.05, 3.63) is 65.0 Å². The van der Waals surface area contributed by atoms with E-state index in [0.717, 1.165) is 17.0 Å². The van der Waals surface area contributed by atoms with Crippen molar-refractivity contribution in [2.75, 3.05) is 11.6 Å². The summed E-state index contributed by atoms with van der Waals surface area (Å²) in [5.41, 5.74) is 1.46. The highest BCUT2D eigenvalue weighted by atomic mass is 32.2. The molecular formula is C17H12F2N2OS2. The average Bonchev–Trinajstić information content (AvgIpc) is 3.06. The SMILES string of the molecule is CSc1ccc(C(=O)Nc2nc(-c3ccc(F)c(F)c3)cs2)cc1. The summed E-state index contributed by atoms with van der Waals surface area (Å²) in [5.74, 6) is -2.11. The number of nitrogens with one attached hydrogen (secondary N) is 1. The van der Waals surface area contributed by atoms with Gasteiger partial charge in [-0.15, -0.1) is 23.1 Å². The number of hydrogen-bond acceptors (Lipinski definition) is 4. The molecule has 0 unspecified atom stereocenters. The number of anilines is 1. The lowest BCUT2D eigenvalue weighted by molar-refractivity contribution is 0.102. The van der Waals surface area contributed by atoms with Gasteiger partial charge < -0.3 is 0 Å². The van der Waals surface area contributed by atoms with Crippen molar-refractivity contribution in [3.8, 4) is 11.3 Å². The van der Waals surface area contributed by atoms with Crippen molar-refractivity contribution >= 4 is 34.1 Å². The third kappa shape index (κ3) is 3.63. The Balaban J connectivity index is 1.75. The van der Waals surface area contributed by atoms with Gasteiger partial charge in [-0.2, -0.15) is 0 Å². The summed E-state index contributed by atoms with van der Waals surface area (Å²) in [4.78, 5) is 17.5. The molecule has 3 aromatic rings. The number of aromatic nitrogens is 1. The first kappa shape index (κ1) is 16.6. The Morgan fingerprint density at radius 1 is 1.12 bits per heavy atom. The average molecular weight is 362 g/mol. The van der Waals surface area contributed by atoms with Gasteiger partial charge in [-0.05, 0) is 48.7 Å². The van der Waals surface area contributed by atoms with Gasteiger partial charge in [0.25, 0.3) is 5.91 Å². The molecule has 24 heavy (non-hydrogen) atoms. The fourth-order valence-corrected chi connectivity index (χ4v) is 3.15. The smallest absolute Gasteiger partial charge is 0.257 e. The van der Waals surface area contributed by atoms with Crippen LogP contribution in [0, 0.1) is 11.6 Å². The predicted molar refractivity (Wildman–Crippen MR) is 93.6 cm³/mol. The standard InChI is InChI=1S/C17H12F2N2OS2/c1-23-12-5-2-10(3-6-12)16(22)21-17-20-15(9-24-17)11-4-7-13(18)14(19)8-11/h2-9H,1H3,(H,20,21,22). The number of amides is 1. The lowest BCUT2D eigenvalue weighted by Gasteiger charge is -2.03. The summed E-state index contributed by atoms with van der Waals surface area (Å²) in [6.07, 6.45) is 1.96. The summed E-state index contributed by atoms with van der Waals surface area (Å²) in [6.45, 7) is 0. The molecule has 0 fully saturated rings. The zero-order chi connectivity index (χ0) is 17.1. The molecule has 122 valence electrons. The van der Waals surface area contributed by atoms with Crippen LogP contribution in [0.3, 0.4) is 0 Å². The molecule has 0 aliphatic rings. The lowest BCUT2D eigenvalue weighted by Crippen LogP contribution is -2.11. The highest BCUT2D eigenvalue weighted by molar-refractivity contribution is 7.98. The molecule has 3 nitrogen and oxygen atoms in total. The van der Waals surface area contributed by atoms with Gasteiger partial charge in [-0.1, -0.05) is 0 Å². The Labute approximate surface area is 145 Å². The van der Waals surface area contributed by atoms with E-state index in [-0.39, 0.29) is 5.91 Å². The van der Waals surface area contributed by atoms with Gasteiger partial charge in [-0.3, -0.25) is 10.1 Å². The molecule has 1 amide bonds. The van der Waals surface area contributed by atoms with E-state index in [1.807, 2.05) is 18.4 Å². The summed E-state index contributed by atoms with van der Waals surface area (Å²) in [5, 5.41) is 4.78. The molecule has 0 saturated heterocycles. The molecule has 3 rings (SSSR count). The summed E-state index contributed by atoms with van der Waals surface area (Å²) < 4.78 is 26.3. The van der Waals surface area contributed by atoms with Crippen LogP contribution in [0.25, 0.3) is 11.3 Å². The van der Waals surface area contributed by atoms with Crippen molar-refractivity contribution in [2.45, 2.75) is 4.90 Å². The van der Waals surface area contributed by atoms with Crippen LogP contribution in [0.4, 0.5) is 13.9 Å². The van der Waals surface area contributed by atoms with E-state index in [4.69, 9.17) is 0 Å². The zero-order valence-corrected chi connectivity index (χ0v) is 14.2. The molecule has 1 N–H and O–H groups in total. The molecule has 7 heteroatoms. The quantitative estimate of drug-likeness (QED) is 0.660. The summed E-state index contributed by atoms with van der Waals surface area (Å²) >= 11 is 2.82. The predicted octanol–water partition coefficient (Wildman–Crippen LogP) is 5.06. The second-order valence-electron chi connectivity index (χ2n) is 4.85. The van der Waals surface area contributed by atoms with Crippen LogP contribution >= 0.6 is 23.1 Å². The fourth-order valence-electron chi connectivity index (χ4n) is 2.03. The van der Waals surface area contributed by atoms with Gasteiger partial charge >= 0.3 is 0 Å². The Bertz CT molecular complexity index is 879. The fraction of sp³-hybridized carbons (Fsp3) is 0.0588. The maximum atomic E-state index is 13.3. The van der Waals surface area contributed by atoms with Crippen LogP contribution in [-0.4, -0.2) is 17.1 Å². The second-order valence-corrected chi connectivity index (χ2v) is 6.59. The van der Waals surface area contributed by atoms with Gasteiger partial charge in [-0.25, -0.2) is 13.8 Å². The minimum Gasteiger partial charge on any atom is -0.298 e. The lowest BCUT2D eigenvalue weighted by atomic mass is 10.2. The van der Waals surface area contributed by atoms with Crippen molar-refractivity contribution in [2.24, 2.45) is 0 Å². The van der Waals surface area contributed by atoms with Crippen molar-refractivity contribution < 1.29 is 13.6 Å². The molecule has 0 atom stereocenters. The number of hydrogen-bond donors (Lipinski definition) is 1. The first-order valence-electron chi connectivity index (χ1n) is 6.93. The highest BCUT2D eigenvalue weighted by Crippen LogP contribution is 2.26. The minimum atomic E-state index is -0.931. The normalized spacial score (nSPS) is 10.6. The van der Waals surface area contributed by atoms with Crippen LogP contribution in [0.2, 0.25) is 0 Å². The number of halogens is 2. The van der Waals surface area contributed by atoms with E-state index in [2.05, 4.69) is 10.3 Å². The van der Waals surface area contributed by atoms with Gasteiger partial charge in [0.2, 0.25) is 0 Å². The topological polar surface area (TPSA) is 42.0 Å². The molecule has 0 radical (unpaired) electrons. The maximum Gasteiger partial charge on any atom is 0.257 e. The summed E-state index contributed by atoms with van der Waals surface area (Å²) in [7, 11) is 0. The number of nitrogens with zero attached hydrogens (tertiary/aromatic N) is 1. The number of carbonyl (C=O) groups excluding carboxylic acids is 1. The van der Waals surface area contributed by atoms with Crippen molar-refractivity contribution in [1.82, 2.24) is 4.98 Å². The van der Waals surface area contributed by atoms with Crippen LogP contribution < -0.4 is 5.32 Å². The largest absolute Gasteiger partial charge is 0.298 e. The van der Waals surface area contributed by atoms with Gasteiger partial charge in [0.15, 0.2) is 16.8 Å². The van der Waals surface area contributed by atoms with E-state index in [9.17, 15) is 13.6 Å². The number of thiazole rings is 1. The summed E-state index contributed by atoms with van der Waals surface area (Å²) in [6, 6.07) is 10.8. The van der Waals surface area contributed by atoms with Gasteiger partial charge in [0.05, 0.1) is 5.69 Å². The minimum absolute atomic E-state index is 0.270. The number of rotatable bonds is 4. The Hall–Kier alpha value is -2.25. The van der Waals surface area contributed by atoms with Crippen LogP contribution in [-0.2, 0) is 0 Å². The molecular weight excluding hydrogens is 350 g/mol. The third-order valence-electron chi connectivity index (χ3n) is 3.29. The van der Waals surface area contributed by atoms with E-state index >= 15 is 0 Å². The molecule has 0 bridgehead atoms. The monoisotopic (exact) mass is 362 g/mol. The second kappa shape index (κ2) is 7.11. The Morgan fingerprint density at radius 3 is 2.54 bits per heavy atom. The van der Waals surface area contributed by atoms with Crippen LogP contribution in [0.1, 0.15) is 10.4 Å². The van der Waals surface area contributed by atoms with Crippen molar-refractivity contribution in [3.63, 3.8) is 0 Å². The van der Waals surface area contributed by atoms with E-state index in [1.165, 1.54) is 17.4 Å². The molecule has 0 aliphatic carbocycles. The number of benzene rings is 2. The van der Waals surface area contributed by atoms with E-state index in [0.29, 0.717) is 22.0 Å². The van der Waals surface area contributed by atoms with E-state index < -0.39 is 11.6 Å². The van der Waals surface area contributed by atoms with E-state index in [1.54, 1.807) is 29.3 Å². The van der Waals surface area contributed by atoms with Gasteiger partial charge in [0, 0.05) is 21.4 Å². The first-order valence-corrected chi connectivity index (χ1v) is 9.03. The number of thioether (sulfide) groups is 1. The van der Waals surface area contributed by atoms with Gasteiger partial charge in [0.1, 0.15) is 0 Å². The van der Waals surface area contributed by atoms with Crippen LogP contribution in [0.15, 0.2) is 52.7 Å².